The van der Waals surface area contributed by atoms with E-state index in [1.165, 1.54) is 7.11 Å². The van der Waals surface area contributed by atoms with E-state index in [1.807, 2.05) is 0 Å². The summed E-state index contributed by atoms with van der Waals surface area (Å²) in [7, 11) is 1.27. The summed E-state index contributed by atoms with van der Waals surface area (Å²) >= 11 is 18.8. The summed E-state index contributed by atoms with van der Waals surface area (Å²) in [4.78, 5) is 10.4. The number of allylic oxidation sites excluding steroid dienone is 2. The second-order valence-corrected chi connectivity index (χ2v) is 6.62. The molecule has 0 amide bonds. The van der Waals surface area contributed by atoms with Crippen molar-refractivity contribution in [2.75, 3.05) is 7.11 Å². The zero-order valence-corrected chi connectivity index (χ0v) is 17.6. The van der Waals surface area contributed by atoms with E-state index >= 15 is 0 Å². The minimum absolute atomic E-state index is 0. The normalized spacial score (nSPS) is 19.2. The molecule has 0 fully saturated rings. The Hall–Kier alpha value is -0.820. The van der Waals surface area contributed by atoms with Crippen LogP contribution in [0.1, 0.15) is 12.0 Å². The fourth-order valence-electron chi connectivity index (χ4n) is 2.20. The van der Waals surface area contributed by atoms with Crippen LogP contribution in [-0.2, 0) is 20.9 Å². The van der Waals surface area contributed by atoms with Crippen molar-refractivity contribution in [1.82, 2.24) is 5.32 Å². The molecule has 3 N–H and O–H groups in total. The number of halogens is 5. The van der Waals surface area contributed by atoms with Crippen LogP contribution in [0, 0.1) is 0 Å². The van der Waals surface area contributed by atoms with Crippen molar-refractivity contribution in [2.24, 2.45) is 5.73 Å². The molecule has 1 aliphatic rings. The maximum absolute atomic E-state index is 11.6. The number of hydrogen-bond acceptors (Lipinski definition) is 5. The molecule has 10 heteroatoms. The fraction of sp³-hybridized carbons (Fsp3) is 0.312. The summed E-state index contributed by atoms with van der Waals surface area (Å²) in [5.74, 6) is -0.151. The number of alkyl halides is 1. The molecule has 146 valence electrons. The zero-order valence-electron chi connectivity index (χ0n) is 13.7. The molecule has 0 bridgehead atoms. The maximum atomic E-state index is 11.6. The number of nitrogens with one attached hydrogen (secondary N) is 1. The molecule has 0 aliphatic carbocycles. The van der Waals surface area contributed by atoms with Crippen LogP contribution in [0.2, 0.25) is 10.0 Å². The molecule has 0 spiro atoms. The van der Waals surface area contributed by atoms with E-state index in [2.05, 4.69) is 10.1 Å². The molecule has 5 nitrogen and oxygen atoms in total. The Bertz CT molecular complexity index is 664. The number of rotatable bonds is 6. The van der Waals surface area contributed by atoms with Crippen molar-refractivity contribution in [3.8, 4) is 0 Å². The minimum Gasteiger partial charge on any atom is -0.489 e. The lowest BCUT2D eigenvalue weighted by molar-refractivity contribution is -0.142. The smallest absolute Gasteiger partial charge is 0.322 e. The standard InChI is InChI=1S/C16H17Cl3N2O3.2ClH/c1-23-15(22)13(20)8-16(19)14(6-3-7-21-16)24-9-10-11(17)4-2-5-12(10)18;;/h2-7,13,21H,8-9,20H2,1H3;2*1H/t13?,16-;;/m1../s1. The van der Waals surface area contributed by atoms with Crippen LogP contribution in [0.15, 0.2) is 42.3 Å². The molecular formula is C16H19Cl5N2O3. The first-order chi connectivity index (χ1) is 11.4. The summed E-state index contributed by atoms with van der Waals surface area (Å²) < 4.78 is 10.4. The summed E-state index contributed by atoms with van der Waals surface area (Å²) in [6, 6.07) is 4.29. The Labute approximate surface area is 179 Å². The number of hydrogen-bond donors (Lipinski definition) is 2. The third kappa shape index (κ3) is 6.12. The second-order valence-electron chi connectivity index (χ2n) is 5.16. The molecule has 0 aromatic heterocycles. The van der Waals surface area contributed by atoms with Crippen LogP contribution in [0.4, 0.5) is 0 Å². The van der Waals surface area contributed by atoms with E-state index in [9.17, 15) is 4.79 Å². The van der Waals surface area contributed by atoms with Gasteiger partial charge in [0.1, 0.15) is 18.4 Å². The number of carbonyl (C=O) groups excluding carboxylic acids is 1. The highest BCUT2D eigenvalue weighted by Crippen LogP contribution is 2.33. The van der Waals surface area contributed by atoms with E-state index in [1.54, 1.807) is 36.6 Å². The van der Waals surface area contributed by atoms with Crippen LogP contribution in [0.5, 0.6) is 0 Å². The molecule has 1 heterocycles. The molecule has 1 aromatic carbocycles. The molecule has 0 saturated heterocycles. The van der Waals surface area contributed by atoms with Gasteiger partial charge in [-0.2, -0.15) is 0 Å². The topological polar surface area (TPSA) is 73.6 Å². The van der Waals surface area contributed by atoms with Gasteiger partial charge in [-0.25, -0.2) is 0 Å². The highest BCUT2D eigenvalue weighted by molar-refractivity contribution is 6.35. The lowest BCUT2D eigenvalue weighted by Crippen LogP contribution is -2.48. The van der Waals surface area contributed by atoms with Gasteiger partial charge in [-0.1, -0.05) is 40.9 Å². The average molecular weight is 465 g/mol. The molecule has 26 heavy (non-hydrogen) atoms. The summed E-state index contributed by atoms with van der Waals surface area (Å²) in [5, 5.41) is 3.95. The van der Waals surface area contributed by atoms with Crippen LogP contribution in [0.25, 0.3) is 0 Å². The van der Waals surface area contributed by atoms with Crippen LogP contribution in [0.3, 0.4) is 0 Å². The van der Waals surface area contributed by atoms with E-state index < -0.39 is 17.0 Å². The molecule has 2 atom stereocenters. The molecule has 1 unspecified atom stereocenters. The monoisotopic (exact) mass is 462 g/mol. The van der Waals surface area contributed by atoms with Crippen molar-refractivity contribution < 1.29 is 14.3 Å². The average Bonchev–Trinajstić information content (AvgIpc) is 2.55. The third-order valence-corrected chi connectivity index (χ3v) is 4.64. The molecular weight excluding hydrogens is 445 g/mol. The van der Waals surface area contributed by atoms with E-state index in [0.29, 0.717) is 21.4 Å². The number of benzene rings is 1. The zero-order chi connectivity index (χ0) is 17.7. The molecule has 1 aliphatic heterocycles. The van der Waals surface area contributed by atoms with Gasteiger partial charge >= 0.3 is 5.97 Å². The minimum atomic E-state index is -1.17. The number of carbonyl (C=O) groups is 1. The van der Waals surface area contributed by atoms with Gasteiger partial charge < -0.3 is 20.5 Å². The Morgan fingerprint density at radius 1 is 1.31 bits per heavy atom. The second kappa shape index (κ2) is 11.1. The van der Waals surface area contributed by atoms with Crippen molar-refractivity contribution in [1.29, 1.82) is 0 Å². The lowest BCUT2D eigenvalue weighted by atomic mass is 10.0. The van der Waals surface area contributed by atoms with Crippen LogP contribution in [-0.4, -0.2) is 24.1 Å². The molecule has 0 saturated carbocycles. The summed E-state index contributed by atoms with van der Waals surface area (Å²) in [5.41, 5.74) is 6.46. The maximum Gasteiger partial charge on any atom is 0.322 e. The Morgan fingerprint density at radius 2 is 1.92 bits per heavy atom. The quantitative estimate of drug-likeness (QED) is 0.375. The third-order valence-electron chi connectivity index (χ3n) is 3.49. The predicted octanol–water partition coefficient (Wildman–Crippen LogP) is 4.18. The highest BCUT2D eigenvalue weighted by Gasteiger charge is 2.38. The summed E-state index contributed by atoms with van der Waals surface area (Å²) in [6.45, 7) is 0.127. The molecule has 2 rings (SSSR count). The van der Waals surface area contributed by atoms with Gasteiger partial charge in [0.2, 0.25) is 0 Å². The first-order valence-electron chi connectivity index (χ1n) is 7.10. The van der Waals surface area contributed by atoms with E-state index in [-0.39, 0.29) is 37.8 Å². The number of esters is 1. The summed E-state index contributed by atoms with van der Waals surface area (Å²) in [6.07, 6.45) is 5.14. The van der Waals surface area contributed by atoms with E-state index in [4.69, 9.17) is 45.3 Å². The van der Waals surface area contributed by atoms with Crippen LogP contribution >= 0.6 is 59.6 Å². The van der Waals surface area contributed by atoms with Gasteiger partial charge in [0.15, 0.2) is 5.00 Å². The first-order valence-corrected chi connectivity index (χ1v) is 8.24. The largest absolute Gasteiger partial charge is 0.489 e. The first kappa shape index (κ1) is 25.2. The SMILES string of the molecule is COC(=O)C(N)C[C@@]1(Cl)NC=CC=C1OCc1c(Cl)cccc1Cl.Cl.Cl. The van der Waals surface area contributed by atoms with Gasteiger partial charge in [-0.15, -0.1) is 24.8 Å². The number of ether oxygens (including phenoxy) is 2. The van der Waals surface area contributed by atoms with Gasteiger partial charge in [0.25, 0.3) is 0 Å². The van der Waals surface area contributed by atoms with Gasteiger partial charge in [0.05, 0.1) is 7.11 Å². The fourth-order valence-corrected chi connectivity index (χ4v) is 3.05. The van der Waals surface area contributed by atoms with Crippen molar-refractivity contribution >= 4 is 65.6 Å². The van der Waals surface area contributed by atoms with E-state index in [0.717, 1.165) is 0 Å². The predicted molar refractivity (Wildman–Crippen MR) is 109 cm³/mol. The van der Waals surface area contributed by atoms with Gasteiger partial charge in [-0.3, -0.25) is 4.79 Å². The Kier molecular flexibility index (Phi) is 10.8. The van der Waals surface area contributed by atoms with Crippen LogP contribution < -0.4 is 11.1 Å². The van der Waals surface area contributed by atoms with Crippen molar-refractivity contribution in [2.45, 2.75) is 24.1 Å². The highest BCUT2D eigenvalue weighted by atomic mass is 35.5. The van der Waals surface area contributed by atoms with Crippen molar-refractivity contribution in [3.63, 3.8) is 0 Å². The number of nitrogens with two attached hydrogens (primary N) is 1. The number of dihydropyridines is 1. The van der Waals surface area contributed by atoms with Crippen molar-refractivity contribution in [3.05, 3.63) is 57.9 Å². The Balaban J connectivity index is 0.00000312. The molecule has 0 radical (unpaired) electrons. The van der Waals surface area contributed by atoms with Gasteiger partial charge in [-0.05, 0) is 30.5 Å². The van der Waals surface area contributed by atoms with Gasteiger partial charge in [0, 0.05) is 22.0 Å². The lowest BCUT2D eigenvalue weighted by Gasteiger charge is -2.33. The number of methoxy groups -OCH3 is 1. The molecule has 1 aromatic rings. The Morgan fingerprint density at radius 3 is 2.50 bits per heavy atom.